The molecule has 0 saturated carbocycles. The summed E-state index contributed by atoms with van der Waals surface area (Å²) in [6, 6.07) is 2.04. The molecule has 0 bridgehead atoms. The molecule has 0 spiro atoms. The molecule has 0 amide bonds. The van der Waals surface area contributed by atoms with Crippen LogP contribution in [0.25, 0.3) is 0 Å². The van der Waals surface area contributed by atoms with Crippen molar-refractivity contribution in [2.45, 2.75) is 19.4 Å². The lowest BCUT2D eigenvalue weighted by Gasteiger charge is -2.15. The van der Waals surface area contributed by atoms with Crippen molar-refractivity contribution in [1.82, 2.24) is 0 Å². The fourth-order valence-electron chi connectivity index (χ4n) is 1.95. The Morgan fingerprint density at radius 3 is 2.88 bits per heavy atom. The zero-order chi connectivity index (χ0) is 12.6. The number of aliphatic hydroxyl groups is 1. The second-order valence-corrected chi connectivity index (χ2v) is 5.08. The van der Waals surface area contributed by atoms with Crippen LogP contribution in [0.15, 0.2) is 0 Å². The summed E-state index contributed by atoms with van der Waals surface area (Å²) in [5.74, 6) is -0.130. The second kappa shape index (κ2) is 4.35. The number of rotatable bonds is 2. The molecule has 3 N–H and O–H groups in total. The van der Waals surface area contributed by atoms with E-state index in [1.54, 1.807) is 0 Å². The highest BCUT2D eigenvalue weighted by atomic mass is 32.1. The molecule has 0 radical (unpaired) electrons. The molecule has 6 heteroatoms. The minimum atomic E-state index is -0.370. The van der Waals surface area contributed by atoms with Crippen molar-refractivity contribution in [1.29, 1.82) is 5.26 Å². The van der Waals surface area contributed by atoms with Gasteiger partial charge in [-0.1, -0.05) is 0 Å². The number of Topliss-reactive ketones (excluding diaryl/α,β-unsaturated/α-hetero) is 1. The predicted molar refractivity (Wildman–Crippen MR) is 66.3 cm³/mol. The van der Waals surface area contributed by atoms with E-state index >= 15 is 0 Å². The maximum Gasteiger partial charge on any atom is 0.171 e. The molecule has 1 unspecified atom stereocenters. The van der Waals surface area contributed by atoms with E-state index in [1.165, 1.54) is 18.3 Å². The van der Waals surface area contributed by atoms with Gasteiger partial charge in [0.2, 0.25) is 0 Å². The molecular weight excluding hydrogens is 238 g/mol. The summed E-state index contributed by atoms with van der Waals surface area (Å²) in [6.07, 6.45) is 0.309. The minimum Gasteiger partial charge on any atom is -0.396 e. The molecule has 0 aliphatic carbocycles. The number of nitrogens with zero attached hydrogens (tertiary/aromatic N) is 2. The minimum absolute atomic E-state index is 0.130. The molecule has 1 fully saturated rings. The van der Waals surface area contributed by atoms with Crippen molar-refractivity contribution >= 4 is 27.8 Å². The monoisotopic (exact) mass is 251 g/mol. The maximum atomic E-state index is 11.4. The van der Waals surface area contributed by atoms with Crippen molar-refractivity contribution < 1.29 is 9.90 Å². The summed E-state index contributed by atoms with van der Waals surface area (Å²) >= 11 is 1.24. The standard InChI is InChI=1S/C11H13N3O2S/c1-6(15)10-9(13)8(4-12)11(17-10)14-3-2-7(16)5-14/h7,16H,2-3,5,13H2,1H3. The first-order valence-corrected chi connectivity index (χ1v) is 6.12. The topological polar surface area (TPSA) is 90.4 Å². The largest absolute Gasteiger partial charge is 0.396 e. The van der Waals surface area contributed by atoms with E-state index in [0.29, 0.717) is 35.0 Å². The molecule has 1 aromatic heterocycles. The zero-order valence-corrected chi connectivity index (χ0v) is 10.3. The van der Waals surface area contributed by atoms with E-state index in [4.69, 9.17) is 11.0 Å². The van der Waals surface area contributed by atoms with Crippen LogP contribution in [0.4, 0.5) is 10.7 Å². The summed E-state index contributed by atoms with van der Waals surface area (Å²) in [7, 11) is 0. The molecule has 2 heterocycles. The molecule has 5 nitrogen and oxygen atoms in total. The fourth-order valence-corrected chi connectivity index (χ4v) is 3.05. The Morgan fingerprint density at radius 2 is 2.41 bits per heavy atom. The number of thiophene rings is 1. The molecule has 17 heavy (non-hydrogen) atoms. The van der Waals surface area contributed by atoms with Crippen LogP contribution in [0.1, 0.15) is 28.6 Å². The molecule has 0 aromatic carbocycles. The highest BCUT2D eigenvalue weighted by molar-refractivity contribution is 7.19. The lowest BCUT2D eigenvalue weighted by molar-refractivity contribution is 0.102. The maximum absolute atomic E-state index is 11.4. The summed E-state index contributed by atoms with van der Waals surface area (Å²) < 4.78 is 0. The highest BCUT2D eigenvalue weighted by Crippen LogP contribution is 2.39. The van der Waals surface area contributed by atoms with Crippen molar-refractivity contribution in [3.8, 4) is 6.07 Å². The number of hydrogen-bond acceptors (Lipinski definition) is 6. The number of aliphatic hydroxyl groups excluding tert-OH is 1. The van der Waals surface area contributed by atoms with Crippen LogP contribution in [-0.2, 0) is 0 Å². The van der Waals surface area contributed by atoms with Gasteiger partial charge in [-0.25, -0.2) is 0 Å². The molecule has 1 aromatic rings. The summed E-state index contributed by atoms with van der Waals surface area (Å²) in [5.41, 5.74) is 6.42. The molecule has 2 rings (SSSR count). The Balaban J connectivity index is 2.44. The number of anilines is 2. The predicted octanol–water partition coefficient (Wildman–Crippen LogP) is 0.976. The van der Waals surface area contributed by atoms with Crippen LogP contribution in [0.5, 0.6) is 0 Å². The summed E-state index contributed by atoms with van der Waals surface area (Å²) in [6.45, 7) is 2.62. The highest BCUT2D eigenvalue weighted by Gasteiger charge is 2.27. The smallest absolute Gasteiger partial charge is 0.171 e. The van der Waals surface area contributed by atoms with Gasteiger partial charge >= 0.3 is 0 Å². The number of nitriles is 1. The Hall–Kier alpha value is -1.58. The van der Waals surface area contributed by atoms with E-state index in [-0.39, 0.29) is 17.6 Å². The second-order valence-electron chi connectivity index (χ2n) is 4.08. The molecule has 1 aliphatic rings. The van der Waals surface area contributed by atoms with Gasteiger partial charge in [-0.15, -0.1) is 11.3 Å². The quantitative estimate of drug-likeness (QED) is 0.764. The van der Waals surface area contributed by atoms with Gasteiger partial charge < -0.3 is 15.7 Å². The van der Waals surface area contributed by atoms with Crippen molar-refractivity contribution in [3.63, 3.8) is 0 Å². The number of β-amino-alcohol motifs (C(OH)–C–C–N with tert-alkyl or cyclic N) is 1. The first-order valence-electron chi connectivity index (χ1n) is 5.31. The average Bonchev–Trinajstić information content (AvgIpc) is 2.82. The number of carbonyl (C=O) groups excluding carboxylic acids is 1. The normalized spacial score (nSPS) is 19.4. The Bertz CT molecular complexity index is 504. The van der Waals surface area contributed by atoms with Crippen LogP contribution in [0.2, 0.25) is 0 Å². The van der Waals surface area contributed by atoms with Gasteiger partial charge in [0.1, 0.15) is 16.6 Å². The molecular formula is C11H13N3O2S. The Morgan fingerprint density at radius 1 is 1.71 bits per heavy atom. The zero-order valence-electron chi connectivity index (χ0n) is 9.43. The van der Waals surface area contributed by atoms with E-state index in [1.807, 2.05) is 11.0 Å². The van der Waals surface area contributed by atoms with E-state index in [0.717, 1.165) is 0 Å². The third-order valence-electron chi connectivity index (χ3n) is 2.81. The number of nitrogen functional groups attached to an aromatic ring is 1. The molecule has 1 saturated heterocycles. The Labute approximate surface area is 103 Å². The van der Waals surface area contributed by atoms with Crippen molar-refractivity contribution in [2.24, 2.45) is 0 Å². The Kier molecular flexibility index (Phi) is 3.05. The first kappa shape index (κ1) is 11.9. The third kappa shape index (κ3) is 1.99. The van der Waals surface area contributed by atoms with Gasteiger partial charge in [0.25, 0.3) is 0 Å². The summed E-state index contributed by atoms with van der Waals surface area (Å²) in [4.78, 5) is 13.7. The van der Waals surface area contributed by atoms with E-state index in [2.05, 4.69) is 0 Å². The van der Waals surface area contributed by atoms with Crippen LogP contribution < -0.4 is 10.6 Å². The van der Waals surface area contributed by atoms with Gasteiger partial charge in [-0.3, -0.25) is 4.79 Å². The first-order chi connectivity index (χ1) is 8.04. The van der Waals surface area contributed by atoms with Gasteiger partial charge in [-0.2, -0.15) is 5.26 Å². The van der Waals surface area contributed by atoms with Gasteiger partial charge in [0, 0.05) is 20.0 Å². The molecule has 90 valence electrons. The lowest BCUT2D eigenvalue weighted by atomic mass is 10.2. The number of hydrogen-bond donors (Lipinski definition) is 2. The van der Waals surface area contributed by atoms with Crippen molar-refractivity contribution in [2.75, 3.05) is 23.7 Å². The van der Waals surface area contributed by atoms with Crippen molar-refractivity contribution in [3.05, 3.63) is 10.4 Å². The van der Waals surface area contributed by atoms with Crippen LogP contribution in [0, 0.1) is 11.3 Å². The molecule has 1 atom stereocenters. The van der Waals surface area contributed by atoms with Crippen LogP contribution in [-0.4, -0.2) is 30.1 Å². The van der Waals surface area contributed by atoms with Gasteiger partial charge in [0.15, 0.2) is 5.78 Å². The van der Waals surface area contributed by atoms with Gasteiger partial charge in [-0.05, 0) is 6.42 Å². The average molecular weight is 251 g/mol. The summed E-state index contributed by atoms with van der Waals surface area (Å²) in [5, 5.41) is 19.3. The molecule has 1 aliphatic heterocycles. The fraction of sp³-hybridized carbons (Fsp3) is 0.455. The number of carbonyl (C=O) groups is 1. The van der Waals surface area contributed by atoms with E-state index < -0.39 is 0 Å². The number of nitrogens with two attached hydrogens (primary N) is 1. The SMILES string of the molecule is CC(=O)c1sc(N2CCC(O)C2)c(C#N)c1N. The lowest BCUT2D eigenvalue weighted by Crippen LogP contribution is -2.20. The van der Waals surface area contributed by atoms with Gasteiger partial charge in [0.05, 0.1) is 16.7 Å². The van der Waals surface area contributed by atoms with Crippen LogP contribution in [0.3, 0.4) is 0 Å². The number of ketones is 1. The van der Waals surface area contributed by atoms with E-state index in [9.17, 15) is 9.90 Å². The van der Waals surface area contributed by atoms with Crippen LogP contribution >= 0.6 is 11.3 Å². The third-order valence-corrected chi connectivity index (χ3v) is 4.18.